The number of carbonyl (C=O) groups excluding carboxylic acids is 1. The van der Waals surface area contributed by atoms with Crippen molar-refractivity contribution >= 4 is 38.4 Å². The number of nitrogens with zero attached hydrogens (tertiary/aromatic N) is 2. The van der Waals surface area contributed by atoms with Gasteiger partial charge in [0.1, 0.15) is 11.6 Å². The van der Waals surface area contributed by atoms with Crippen LogP contribution in [-0.4, -0.2) is 15.9 Å². The SMILES string of the molecule is CCc1nc2ccccc2c(C(=O)OCc2nc3ccccc3s2)c1C. The molecule has 0 spiro atoms. The van der Waals surface area contributed by atoms with Crippen molar-refractivity contribution in [1.29, 1.82) is 0 Å². The summed E-state index contributed by atoms with van der Waals surface area (Å²) in [4.78, 5) is 22.1. The molecule has 26 heavy (non-hydrogen) atoms. The first-order valence-electron chi connectivity index (χ1n) is 8.57. The molecule has 2 aromatic carbocycles. The van der Waals surface area contributed by atoms with Crippen molar-refractivity contribution < 1.29 is 9.53 Å². The van der Waals surface area contributed by atoms with Gasteiger partial charge in [0.05, 0.1) is 21.3 Å². The minimum Gasteiger partial charge on any atom is -0.455 e. The molecule has 2 heterocycles. The molecule has 0 fully saturated rings. The third-order valence-electron chi connectivity index (χ3n) is 4.44. The molecule has 5 heteroatoms. The Balaban J connectivity index is 1.66. The zero-order valence-corrected chi connectivity index (χ0v) is 15.5. The smallest absolute Gasteiger partial charge is 0.339 e. The molecule has 130 valence electrons. The number of rotatable bonds is 4. The summed E-state index contributed by atoms with van der Waals surface area (Å²) < 4.78 is 6.71. The van der Waals surface area contributed by atoms with Crippen LogP contribution in [0.4, 0.5) is 0 Å². The van der Waals surface area contributed by atoms with Crippen molar-refractivity contribution in [3.05, 3.63) is 70.4 Å². The summed E-state index contributed by atoms with van der Waals surface area (Å²) in [5, 5.41) is 1.63. The van der Waals surface area contributed by atoms with Gasteiger partial charge in [-0.05, 0) is 37.1 Å². The number of carbonyl (C=O) groups is 1. The number of thiazole rings is 1. The van der Waals surface area contributed by atoms with Crippen LogP contribution in [0.2, 0.25) is 0 Å². The van der Waals surface area contributed by atoms with E-state index >= 15 is 0 Å². The first-order chi connectivity index (χ1) is 12.7. The molecule has 0 bridgehead atoms. The molecule has 0 saturated carbocycles. The van der Waals surface area contributed by atoms with Crippen LogP contribution >= 0.6 is 11.3 Å². The maximum atomic E-state index is 12.9. The van der Waals surface area contributed by atoms with Gasteiger partial charge in [0.25, 0.3) is 0 Å². The zero-order chi connectivity index (χ0) is 18.1. The second-order valence-electron chi connectivity index (χ2n) is 6.08. The van der Waals surface area contributed by atoms with E-state index in [4.69, 9.17) is 4.74 Å². The molecule has 0 radical (unpaired) electrons. The van der Waals surface area contributed by atoms with Gasteiger partial charge in [-0.2, -0.15) is 0 Å². The summed E-state index contributed by atoms with van der Waals surface area (Å²) in [5.74, 6) is -0.324. The van der Waals surface area contributed by atoms with E-state index in [0.29, 0.717) is 5.56 Å². The van der Waals surface area contributed by atoms with E-state index in [0.717, 1.165) is 43.8 Å². The standard InChI is InChI=1S/C21H18N2O2S/c1-3-15-13(2)20(14-8-4-5-9-16(14)22-15)21(24)25-12-19-23-17-10-6-7-11-18(17)26-19/h4-11H,3,12H2,1-2H3. The summed E-state index contributed by atoms with van der Waals surface area (Å²) in [6, 6.07) is 15.6. The topological polar surface area (TPSA) is 52.1 Å². The molecule has 0 amide bonds. The first-order valence-corrected chi connectivity index (χ1v) is 9.39. The lowest BCUT2D eigenvalue weighted by molar-refractivity contribution is 0.0474. The summed E-state index contributed by atoms with van der Waals surface area (Å²) >= 11 is 1.55. The Bertz CT molecular complexity index is 1080. The van der Waals surface area contributed by atoms with Gasteiger partial charge in [0.15, 0.2) is 0 Å². The third-order valence-corrected chi connectivity index (χ3v) is 5.45. The largest absolute Gasteiger partial charge is 0.455 e. The number of para-hydroxylation sites is 2. The van der Waals surface area contributed by atoms with E-state index < -0.39 is 0 Å². The van der Waals surface area contributed by atoms with Crippen LogP contribution in [0, 0.1) is 6.92 Å². The van der Waals surface area contributed by atoms with Crippen LogP contribution < -0.4 is 0 Å². The molecule has 0 atom stereocenters. The number of hydrogen-bond donors (Lipinski definition) is 0. The van der Waals surface area contributed by atoms with Crippen molar-refractivity contribution in [1.82, 2.24) is 9.97 Å². The average molecular weight is 362 g/mol. The number of benzene rings is 2. The van der Waals surface area contributed by atoms with Gasteiger partial charge in [-0.25, -0.2) is 9.78 Å². The monoisotopic (exact) mass is 362 g/mol. The lowest BCUT2D eigenvalue weighted by Crippen LogP contribution is -2.10. The third kappa shape index (κ3) is 2.95. The lowest BCUT2D eigenvalue weighted by Gasteiger charge is -2.12. The van der Waals surface area contributed by atoms with Gasteiger partial charge in [0, 0.05) is 11.1 Å². The molecule has 0 aliphatic carbocycles. The Morgan fingerprint density at radius 3 is 2.54 bits per heavy atom. The zero-order valence-electron chi connectivity index (χ0n) is 14.7. The normalized spacial score (nSPS) is 11.2. The number of pyridine rings is 1. The van der Waals surface area contributed by atoms with Crippen LogP contribution in [0.25, 0.3) is 21.1 Å². The maximum absolute atomic E-state index is 12.9. The fraction of sp³-hybridized carbons (Fsp3) is 0.190. The predicted octanol–water partition coefficient (Wildman–Crippen LogP) is 5.07. The Morgan fingerprint density at radius 2 is 1.77 bits per heavy atom. The van der Waals surface area contributed by atoms with E-state index in [-0.39, 0.29) is 12.6 Å². The molecule has 4 aromatic rings. The molecule has 4 rings (SSSR count). The van der Waals surface area contributed by atoms with E-state index in [9.17, 15) is 4.79 Å². The highest BCUT2D eigenvalue weighted by Crippen LogP contribution is 2.26. The quantitative estimate of drug-likeness (QED) is 0.476. The van der Waals surface area contributed by atoms with E-state index in [1.54, 1.807) is 11.3 Å². The Labute approximate surface area is 155 Å². The van der Waals surface area contributed by atoms with Crippen LogP contribution in [0.3, 0.4) is 0 Å². The molecule has 0 N–H and O–H groups in total. The molecule has 0 aliphatic rings. The number of aryl methyl sites for hydroxylation is 1. The lowest BCUT2D eigenvalue weighted by atomic mass is 10.0. The van der Waals surface area contributed by atoms with E-state index in [1.807, 2.05) is 62.4 Å². The summed E-state index contributed by atoms with van der Waals surface area (Å²) in [7, 11) is 0. The van der Waals surface area contributed by atoms with Crippen molar-refractivity contribution in [3.8, 4) is 0 Å². The number of hydrogen-bond acceptors (Lipinski definition) is 5. The molecule has 0 unspecified atom stereocenters. The average Bonchev–Trinajstić information content (AvgIpc) is 3.08. The van der Waals surface area contributed by atoms with Crippen molar-refractivity contribution in [2.24, 2.45) is 0 Å². The van der Waals surface area contributed by atoms with Crippen LogP contribution in [0.5, 0.6) is 0 Å². The number of fused-ring (bicyclic) bond motifs is 2. The van der Waals surface area contributed by atoms with Crippen molar-refractivity contribution in [2.75, 3.05) is 0 Å². The minimum absolute atomic E-state index is 0.176. The predicted molar refractivity (Wildman–Crippen MR) is 105 cm³/mol. The molecular formula is C21H18N2O2S. The fourth-order valence-corrected chi connectivity index (χ4v) is 4.03. The molecule has 4 nitrogen and oxygen atoms in total. The second-order valence-corrected chi connectivity index (χ2v) is 7.20. The molecule has 0 saturated heterocycles. The van der Waals surface area contributed by atoms with Crippen LogP contribution in [0.15, 0.2) is 48.5 Å². The summed E-state index contributed by atoms with van der Waals surface area (Å²) in [5.41, 5.74) is 4.17. The number of ether oxygens (including phenoxy) is 1. The highest BCUT2D eigenvalue weighted by atomic mass is 32.1. The Hall–Kier alpha value is -2.79. The van der Waals surface area contributed by atoms with Gasteiger partial charge in [0.2, 0.25) is 0 Å². The fourth-order valence-electron chi connectivity index (χ4n) is 3.15. The molecule has 2 aromatic heterocycles. The van der Waals surface area contributed by atoms with Crippen molar-refractivity contribution in [2.45, 2.75) is 26.9 Å². The molecule has 0 aliphatic heterocycles. The first kappa shape index (κ1) is 16.7. The van der Waals surface area contributed by atoms with Crippen molar-refractivity contribution in [3.63, 3.8) is 0 Å². The highest BCUT2D eigenvalue weighted by molar-refractivity contribution is 7.18. The highest BCUT2D eigenvalue weighted by Gasteiger charge is 2.19. The van der Waals surface area contributed by atoms with Gasteiger partial charge >= 0.3 is 5.97 Å². The van der Waals surface area contributed by atoms with Crippen LogP contribution in [0.1, 0.15) is 33.5 Å². The minimum atomic E-state index is -0.324. The molecular weight excluding hydrogens is 344 g/mol. The Morgan fingerprint density at radius 1 is 1.04 bits per heavy atom. The van der Waals surface area contributed by atoms with Gasteiger partial charge < -0.3 is 4.74 Å². The Kier molecular flexibility index (Phi) is 4.39. The van der Waals surface area contributed by atoms with E-state index in [2.05, 4.69) is 9.97 Å². The van der Waals surface area contributed by atoms with E-state index in [1.165, 1.54) is 0 Å². The van der Waals surface area contributed by atoms with Gasteiger partial charge in [-0.15, -0.1) is 11.3 Å². The van der Waals surface area contributed by atoms with Gasteiger partial charge in [-0.3, -0.25) is 4.98 Å². The number of aromatic nitrogens is 2. The summed E-state index contributed by atoms with van der Waals surface area (Å²) in [6.07, 6.45) is 0.773. The second kappa shape index (κ2) is 6.84. The van der Waals surface area contributed by atoms with Gasteiger partial charge in [-0.1, -0.05) is 37.3 Å². The maximum Gasteiger partial charge on any atom is 0.339 e. The number of esters is 1. The summed E-state index contributed by atoms with van der Waals surface area (Å²) in [6.45, 7) is 4.16. The van der Waals surface area contributed by atoms with Crippen LogP contribution in [-0.2, 0) is 17.8 Å².